The molecule has 2 fully saturated rings. The normalized spacial score (nSPS) is 20.7. The topological polar surface area (TPSA) is 85.6 Å². The van der Waals surface area contributed by atoms with Gasteiger partial charge in [0.15, 0.2) is 5.82 Å². The molecule has 0 N–H and O–H groups in total. The van der Waals surface area contributed by atoms with E-state index in [2.05, 4.69) is 32.6 Å². The smallest absolute Gasteiger partial charge is 0.244 e. The first kappa shape index (κ1) is 19.9. The van der Waals surface area contributed by atoms with E-state index in [9.17, 15) is 4.79 Å². The van der Waals surface area contributed by atoms with Crippen molar-refractivity contribution in [1.29, 1.82) is 0 Å². The summed E-state index contributed by atoms with van der Waals surface area (Å²) in [6, 6.07) is 10.1. The molecular weight excluding hydrogens is 372 g/mol. The van der Waals surface area contributed by atoms with Gasteiger partial charge in [-0.05, 0) is 28.8 Å². The van der Waals surface area contributed by atoms with Gasteiger partial charge in [0, 0.05) is 26.2 Å². The molecule has 0 saturated carbocycles. The summed E-state index contributed by atoms with van der Waals surface area (Å²) >= 11 is 0. The lowest BCUT2D eigenvalue weighted by Gasteiger charge is -2.32. The second-order valence-corrected chi connectivity index (χ2v) is 7.54. The Labute approximate surface area is 170 Å². The number of aromatic nitrogens is 4. The van der Waals surface area contributed by atoms with E-state index in [0.29, 0.717) is 25.5 Å². The van der Waals surface area contributed by atoms with E-state index in [1.807, 2.05) is 23.1 Å². The van der Waals surface area contributed by atoms with E-state index in [1.54, 1.807) is 4.68 Å². The number of hydrogen-bond acceptors (Lipinski definition) is 7. The first-order chi connectivity index (χ1) is 14.3. The predicted octanol–water partition coefficient (Wildman–Crippen LogP) is 0.713. The summed E-state index contributed by atoms with van der Waals surface area (Å²) in [5, 5.41) is 11.9. The van der Waals surface area contributed by atoms with Crippen molar-refractivity contribution in [3.05, 3.63) is 41.7 Å². The molecule has 1 aromatic carbocycles. The molecule has 1 unspecified atom stereocenters. The molecule has 1 aromatic heterocycles. The van der Waals surface area contributed by atoms with E-state index >= 15 is 0 Å². The second kappa shape index (κ2) is 9.91. The molecule has 9 heteroatoms. The summed E-state index contributed by atoms with van der Waals surface area (Å²) in [7, 11) is 0. The van der Waals surface area contributed by atoms with Gasteiger partial charge in [-0.15, -0.1) is 5.10 Å². The van der Waals surface area contributed by atoms with Crippen molar-refractivity contribution in [3.8, 4) is 0 Å². The van der Waals surface area contributed by atoms with Gasteiger partial charge in [0.1, 0.15) is 6.54 Å². The summed E-state index contributed by atoms with van der Waals surface area (Å²) < 4.78 is 13.0. The summed E-state index contributed by atoms with van der Waals surface area (Å²) in [5.74, 6) is 0.752. The molecule has 3 heterocycles. The van der Waals surface area contributed by atoms with Crippen LogP contribution in [-0.2, 0) is 34.0 Å². The summed E-state index contributed by atoms with van der Waals surface area (Å²) in [6.45, 7) is 5.89. The minimum atomic E-state index is 0.0357. The Balaban J connectivity index is 1.28. The molecule has 0 aliphatic carbocycles. The van der Waals surface area contributed by atoms with E-state index in [-0.39, 0.29) is 18.6 Å². The van der Waals surface area contributed by atoms with Crippen molar-refractivity contribution in [1.82, 2.24) is 30.0 Å². The lowest BCUT2D eigenvalue weighted by molar-refractivity contribution is -0.136. The first-order valence-corrected chi connectivity index (χ1v) is 10.3. The van der Waals surface area contributed by atoms with Crippen LogP contribution in [-0.4, -0.2) is 81.4 Å². The molecule has 0 radical (unpaired) electrons. The maximum Gasteiger partial charge on any atom is 0.244 e. The molecule has 9 nitrogen and oxygen atoms in total. The second-order valence-electron chi connectivity index (χ2n) is 7.54. The van der Waals surface area contributed by atoms with Gasteiger partial charge in [-0.25, -0.2) is 4.68 Å². The third-order valence-corrected chi connectivity index (χ3v) is 5.42. The van der Waals surface area contributed by atoms with Gasteiger partial charge in [0.2, 0.25) is 5.91 Å². The highest BCUT2D eigenvalue weighted by molar-refractivity contribution is 5.76. The van der Waals surface area contributed by atoms with Crippen LogP contribution < -0.4 is 0 Å². The SMILES string of the molecule is O=C(Cn1nnnc1CN1CCOCC1)N1CCCC(OCc2ccccc2)C1. The highest BCUT2D eigenvalue weighted by Gasteiger charge is 2.25. The van der Waals surface area contributed by atoms with Crippen LogP contribution in [0.1, 0.15) is 24.2 Å². The summed E-state index contributed by atoms with van der Waals surface area (Å²) in [6.07, 6.45) is 1.99. The number of tetrazole rings is 1. The molecule has 2 aliphatic heterocycles. The lowest BCUT2D eigenvalue weighted by atomic mass is 10.1. The minimum absolute atomic E-state index is 0.0357. The average molecular weight is 400 g/mol. The van der Waals surface area contributed by atoms with Crippen molar-refractivity contribution in [2.45, 2.75) is 38.6 Å². The van der Waals surface area contributed by atoms with Crippen LogP contribution in [0.25, 0.3) is 0 Å². The predicted molar refractivity (Wildman–Crippen MR) is 105 cm³/mol. The van der Waals surface area contributed by atoms with E-state index < -0.39 is 0 Å². The van der Waals surface area contributed by atoms with Gasteiger partial charge in [-0.2, -0.15) is 0 Å². The fraction of sp³-hybridized carbons (Fsp3) is 0.600. The monoisotopic (exact) mass is 400 g/mol. The number of rotatable bonds is 7. The molecular formula is C20H28N6O3. The maximum absolute atomic E-state index is 12.9. The minimum Gasteiger partial charge on any atom is -0.379 e. The highest BCUT2D eigenvalue weighted by atomic mass is 16.5. The number of hydrogen-bond donors (Lipinski definition) is 0. The quantitative estimate of drug-likeness (QED) is 0.677. The van der Waals surface area contributed by atoms with Crippen LogP contribution in [0.2, 0.25) is 0 Å². The Morgan fingerprint density at radius 3 is 2.83 bits per heavy atom. The Bertz CT molecular complexity index is 778. The number of benzene rings is 1. The average Bonchev–Trinajstić information content (AvgIpc) is 3.20. The lowest BCUT2D eigenvalue weighted by Crippen LogP contribution is -2.45. The molecule has 2 aromatic rings. The standard InChI is InChI=1S/C20H28N6O3/c27-20(15-26-19(21-22-23-26)14-24-9-11-28-12-10-24)25-8-4-7-18(13-25)29-16-17-5-2-1-3-6-17/h1-3,5-6,18H,4,7-16H2. The Hall–Kier alpha value is -2.36. The number of morpholine rings is 1. The van der Waals surface area contributed by atoms with Crippen LogP contribution >= 0.6 is 0 Å². The number of likely N-dealkylation sites (tertiary alicyclic amines) is 1. The highest BCUT2D eigenvalue weighted by Crippen LogP contribution is 2.16. The molecule has 1 atom stereocenters. The zero-order chi connectivity index (χ0) is 19.9. The maximum atomic E-state index is 12.9. The van der Waals surface area contributed by atoms with Gasteiger partial charge in [-0.3, -0.25) is 9.69 Å². The molecule has 29 heavy (non-hydrogen) atoms. The number of piperidine rings is 1. The molecule has 1 amide bonds. The van der Waals surface area contributed by atoms with Crippen molar-refractivity contribution < 1.29 is 14.3 Å². The fourth-order valence-corrected chi connectivity index (χ4v) is 3.74. The Kier molecular flexibility index (Phi) is 6.81. The number of carbonyl (C=O) groups is 1. The third kappa shape index (κ3) is 5.59. The molecule has 2 saturated heterocycles. The van der Waals surface area contributed by atoms with Crippen molar-refractivity contribution in [2.24, 2.45) is 0 Å². The van der Waals surface area contributed by atoms with Crippen molar-refractivity contribution in [3.63, 3.8) is 0 Å². The molecule has 0 spiro atoms. The fourth-order valence-electron chi connectivity index (χ4n) is 3.74. The van der Waals surface area contributed by atoms with Crippen LogP contribution in [0, 0.1) is 0 Å². The summed E-state index contributed by atoms with van der Waals surface area (Å²) in [5.41, 5.74) is 1.15. The number of amides is 1. The van der Waals surface area contributed by atoms with Gasteiger partial charge in [0.05, 0.1) is 32.5 Å². The van der Waals surface area contributed by atoms with Gasteiger partial charge in [-0.1, -0.05) is 30.3 Å². The van der Waals surface area contributed by atoms with E-state index in [1.165, 1.54) is 0 Å². The zero-order valence-corrected chi connectivity index (χ0v) is 16.7. The van der Waals surface area contributed by atoms with Gasteiger partial charge in [0.25, 0.3) is 0 Å². The Morgan fingerprint density at radius 2 is 2.00 bits per heavy atom. The Morgan fingerprint density at radius 1 is 1.17 bits per heavy atom. The third-order valence-electron chi connectivity index (χ3n) is 5.42. The van der Waals surface area contributed by atoms with Crippen molar-refractivity contribution in [2.75, 3.05) is 39.4 Å². The molecule has 0 bridgehead atoms. The van der Waals surface area contributed by atoms with Crippen molar-refractivity contribution >= 4 is 5.91 Å². The molecule has 2 aliphatic rings. The number of ether oxygens (including phenoxy) is 2. The first-order valence-electron chi connectivity index (χ1n) is 10.3. The van der Waals surface area contributed by atoms with Crippen LogP contribution in [0.15, 0.2) is 30.3 Å². The van der Waals surface area contributed by atoms with Crippen LogP contribution in [0.4, 0.5) is 0 Å². The van der Waals surface area contributed by atoms with E-state index in [4.69, 9.17) is 9.47 Å². The van der Waals surface area contributed by atoms with Crippen LogP contribution in [0.3, 0.4) is 0 Å². The van der Waals surface area contributed by atoms with E-state index in [0.717, 1.165) is 51.3 Å². The number of nitrogens with zero attached hydrogens (tertiary/aromatic N) is 6. The van der Waals surface area contributed by atoms with Crippen LogP contribution in [0.5, 0.6) is 0 Å². The summed E-state index contributed by atoms with van der Waals surface area (Å²) in [4.78, 5) is 17.0. The molecule has 156 valence electrons. The molecule has 4 rings (SSSR count). The van der Waals surface area contributed by atoms with Gasteiger partial charge >= 0.3 is 0 Å². The largest absolute Gasteiger partial charge is 0.379 e. The number of carbonyl (C=O) groups excluding carboxylic acids is 1. The van der Waals surface area contributed by atoms with Gasteiger partial charge < -0.3 is 14.4 Å². The zero-order valence-electron chi connectivity index (χ0n) is 16.7.